The van der Waals surface area contributed by atoms with Crippen LogP contribution >= 0.6 is 0 Å². The second-order valence-electron chi connectivity index (χ2n) is 5.88. The molecule has 0 aromatic heterocycles. The van der Waals surface area contributed by atoms with Crippen molar-refractivity contribution in [2.24, 2.45) is 0 Å². The molecular weight excluding hydrogens is 258 g/mol. The predicted molar refractivity (Wildman–Crippen MR) is 74.6 cm³/mol. The van der Waals surface area contributed by atoms with Crippen molar-refractivity contribution in [3.63, 3.8) is 0 Å². The number of hydrogen-bond donors (Lipinski definition) is 1. The van der Waals surface area contributed by atoms with Gasteiger partial charge in [0.25, 0.3) is 0 Å². The number of rotatable bonds is 1. The lowest BCUT2D eigenvalue weighted by molar-refractivity contribution is -0.0433. The molecule has 5 nitrogen and oxygen atoms in total. The topological polar surface area (TPSA) is 59.0 Å². The zero-order valence-corrected chi connectivity index (χ0v) is 12.1. The lowest BCUT2D eigenvalue weighted by atomic mass is 10.1. The fourth-order valence-corrected chi connectivity index (χ4v) is 2.07. The van der Waals surface area contributed by atoms with Crippen LogP contribution in [0.5, 0.6) is 5.75 Å². The molecule has 1 atom stereocenters. The van der Waals surface area contributed by atoms with Gasteiger partial charge < -0.3 is 19.5 Å². The first kappa shape index (κ1) is 14.7. The summed E-state index contributed by atoms with van der Waals surface area (Å²) in [6, 6.07) is 6.91. The van der Waals surface area contributed by atoms with Crippen LogP contribution in [0.4, 0.5) is 4.79 Å². The van der Waals surface area contributed by atoms with Gasteiger partial charge in [0.2, 0.25) is 0 Å². The van der Waals surface area contributed by atoms with Crippen LogP contribution in [-0.2, 0) is 9.47 Å². The molecule has 110 valence electrons. The molecule has 1 N–H and O–H groups in total. The minimum atomic E-state index is -0.504. The summed E-state index contributed by atoms with van der Waals surface area (Å²) in [4.78, 5) is 13.7. The van der Waals surface area contributed by atoms with Crippen LogP contribution in [0.25, 0.3) is 0 Å². The summed E-state index contributed by atoms with van der Waals surface area (Å²) in [5.74, 6) is 0.195. The number of aromatic hydroxyl groups is 1. The van der Waals surface area contributed by atoms with Gasteiger partial charge in [-0.05, 0) is 38.5 Å². The van der Waals surface area contributed by atoms with Gasteiger partial charge in [0.1, 0.15) is 17.5 Å². The maximum absolute atomic E-state index is 12.1. The summed E-state index contributed by atoms with van der Waals surface area (Å²) in [5.41, 5.74) is 0.355. The monoisotopic (exact) mass is 279 g/mol. The summed E-state index contributed by atoms with van der Waals surface area (Å²) in [6.07, 6.45) is -0.561. The van der Waals surface area contributed by atoms with Gasteiger partial charge in [-0.1, -0.05) is 12.1 Å². The minimum Gasteiger partial charge on any atom is -0.508 e. The number of carbonyl (C=O) groups excluding carboxylic acids is 1. The van der Waals surface area contributed by atoms with Gasteiger partial charge in [-0.2, -0.15) is 0 Å². The van der Waals surface area contributed by atoms with E-state index in [0.717, 1.165) is 5.56 Å². The number of morpholine rings is 1. The summed E-state index contributed by atoms with van der Waals surface area (Å²) >= 11 is 0. The zero-order valence-electron chi connectivity index (χ0n) is 12.1. The van der Waals surface area contributed by atoms with Crippen molar-refractivity contribution in [3.8, 4) is 5.75 Å². The van der Waals surface area contributed by atoms with E-state index in [9.17, 15) is 9.90 Å². The first-order chi connectivity index (χ1) is 9.35. The highest BCUT2D eigenvalue weighted by atomic mass is 16.6. The molecule has 20 heavy (non-hydrogen) atoms. The summed E-state index contributed by atoms with van der Waals surface area (Å²) in [5, 5.41) is 9.51. The van der Waals surface area contributed by atoms with Gasteiger partial charge >= 0.3 is 6.09 Å². The van der Waals surface area contributed by atoms with E-state index in [1.807, 2.05) is 26.8 Å². The van der Waals surface area contributed by atoms with Crippen molar-refractivity contribution in [2.75, 3.05) is 19.7 Å². The molecule has 1 aromatic rings. The maximum Gasteiger partial charge on any atom is 0.410 e. The van der Waals surface area contributed by atoms with Gasteiger partial charge in [0.15, 0.2) is 0 Å². The van der Waals surface area contributed by atoms with Crippen molar-refractivity contribution in [1.29, 1.82) is 0 Å². The first-order valence-corrected chi connectivity index (χ1v) is 6.73. The number of ether oxygens (including phenoxy) is 2. The van der Waals surface area contributed by atoms with E-state index in [0.29, 0.717) is 19.7 Å². The molecule has 1 heterocycles. The summed E-state index contributed by atoms with van der Waals surface area (Å²) in [7, 11) is 0. The SMILES string of the molecule is CC(C)(C)OC(=O)N1CCO[C@@H](c2cccc(O)c2)C1. The second-order valence-corrected chi connectivity index (χ2v) is 5.88. The first-order valence-electron chi connectivity index (χ1n) is 6.73. The number of nitrogens with zero attached hydrogens (tertiary/aromatic N) is 1. The van der Waals surface area contributed by atoms with Crippen molar-refractivity contribution in [1.82, 2.24) is 4.90 Å². The van der Waals surface area contributed by atoms with E-state index < -0.39 is 5.60 Å². The van der Waals surface area contributed by atoms with Crippen LogP contribution in [-0.4, -0.2) is 41.4 Å². The van der Waals surface area contributed by atoms with Crippen molar-refractivity contribution < 1.29 is 19.4 Å². The number of benzene rings is 1. The Morgan fingerprint density at radius 1 is 1.45 bits per heavy atom. The van der Waals surface area contributed by atoms with Crippen LogP contribution in [0, 0.1) is 0 Å². The third-order valence-corrected chi connectivity index (χ3v) is 2.96. The highest BCUT2D eigenvalue weighted by Gasteiger charge is 2.28. The lowest BCUT2D eigenvalue weighted by Gasteiger charge is -2.34. The van der Waals surface area contributed by atoms with Crippen molar-refractivity contribution in [3.05, 3.63) is 29.8 Å². The molecule has 1 saturated heterocycles. The van der Waals surface area contributed by atoms with Gasteiger partial charge in [-0.25, -0.2) is 4.79 Å². The average Bonchev–Trinajstić information content (AvgIpc) is 2.37. The van der Waals surface area contributed by atoms with Gasteiger partial charge in [0.05, 0.1) is 13.2 Å². The molecule has 1 aliphatic rings. The fourth-order valence-electron chi connectivity index (χ4n) is 2.07. The fraction of sp³-hybridized carbons (Fsp3) is 0.533. The van der Waals surface area contributed by atoms with E-state index in [1.165, 1.54) is 0 Å². The molecule has 0 unspecified atom stereocenters. The summed E-state index contributed by atoms with van der Waals surface area (Å²) in [6.45, 7) is 6.94. The molecule has 1 fully saturated rings. The smallest absolute Gasteiger partial charge is 0.410 e. The Balaban J connectivity index is 2.03. The molecule has 1 aromatic carbocycles. The third kappa shape index (κ3) is 3.87. The Labute approximate surface area is 119 Å². The van der Waals surface area contributed by atoms with Crippen molar-refractivity contribution >= 4 is 6.09 Å². The predicted octanol–water partition coefficient (Wildman–Crippen LogP) is 2.70. The molecule has 0 aliphatic carbocycles. The second kappa shape index (κ2) is 5.71. The molecule has 1 aliphatic heterocycles. The molecule has 0 saturated carbocycles. The number of phenolic OH excluding ortho intramolecular Hbond substituents is 1. The third-order valence-electron chi connectivity index (χ3n) is 2.96. The minimum absolute atomic E-state index is 0.195. The molecular formula is C15H21NO4. The molecule has 5 heteroatoms. The van der Waals surface area contributed by atoms with E-state index in [4.69, 9.17) is 9.47 Å². The zero-order chi connectivity index (χ0) is 14.8. The van der Waals surface area contributed by atoms with Crippen LogP contribution in [0.1, 0.15) is 32.4 Å². The van der Waals surface area contributed by atoms with Crippen molar-refractivity contribution in [2.45, 2.75) is 32.5 Å². The van der Waals surface area contributed by atoms with E-state index in [-0.39, 0.29) is 17.9 Å². The van der Waals surface area contributed by atoms with Crippen LogP contribution in [0.3, 0.4) is 0 Å². The Kier molecular flexibility index (Phi) is 4.18. The van der Waals surface area contributed by atoms with Gasteiger partial charge in [-0.3, -0.25) is 0 Å². The number of phenols is 1. The Morgan fingerprint density at radius 2 is 2.20 bits per heavy atom. The van der Waals surface area contributed by atoms with E-state index >= 15 is 0 Å². The molecule has 2 rings (SSSR count). The summed E-state index contributed by atoms with van der Waals surface area (Å²) < 4.78 is 11.0. The molecule has 0 radical (unpaired) electrons. The van der Waals surface area contributed by atoms with E-state index in [1.54, 1.807) is 23.1 Å². The van der Waals surface area contributed by atoms with Crippen LogP contribution in [0.15, 0.2) is 24.3 Å². The normalized spacial score (nSPS) is 19.8. The standard InChI is InChI=1S/C15H21NO4/c1-15(2,3)20-14(18)16-7-8-19-13(10-16)11-5-4-6-12(17)9-11/h4-6,9,13,17H,7-8,10H2,1-3H3/t13-/m1/s1. The largest absolute Gasteiger partial charge is 0.508 e. The van der Waals surface area contributed by atoms with Crippen LogP contribution < -0.4 is 0 Å². The van der Waals surface area contributed by atoms with E-state index in [2.05, 4.69) is 0 Å². The van der Waals surface area contributed by atoms with Crippen LogP contribution in [0.2, 0.25) is 0 Å². The number of hydrogen-bond acceptors (Lipinski definition) is 4. The lowest BCUT2D eigenvalue weighted by Crippen LogP contribution is -2.44. The quantitative estimate of drug-likeness (QED) is 0.858. The number of carbonyl (C=O) groups is 1. The molecule has 0 spiro atoms. The molecule has 0 bridgehead atoms. The Hall–Kier alpha value is -1.75. The highest BCUT2D eigenvalue weighted by molar-refractivity contribution is 5.68. The Morgan fingerprint density at radius 3 is 2.85 bits per heavy atom. The van der Waals surface area contributed by atoms with Gasteiger partial charge in [-0.15, -0.1) is 0 Å². The Bertz CT molecular complexity index is 481. The van der Waals surface area contributed by atoms with Gasteiger partial charge in [0, 0.05) is 6.54 Å². The molecule has 1 amide bonds. The maximum atomic E-state index is 12.1. The average molecular weight is 279 g/mol. The number of amides is 1. The highest BCUT2D eigenvalue weighted by Crippen LogP contribution is 2.25.